The Bertz CT molecular complexity index is 897. The lowest BCUT2D eigenvalue weighted by molar-refractivity contribution is 0.0605. The molecule has 0 atom stereocenters. The van der Waals surface area contributed by atoms with Crippen LogP contribution in [0, 0.1) is 6.92 Å². The van der Waals surface area contributed by atoms with Crippen LogP contribution >= 0.6 is 11.3 Å². The monoisotopic (exact) mass is 314 g/mol. The van der Waals surface area contributed by atoms with Crippen LogP contribution in [0.1, 0.15) is 26.6 Å². The summed E-state index contributed by atoms with van der Waals surface area (Å²) in [5.74, 6) is 0.144. The normalized spacial score (nSPS) is 10.8. The van der Waals surface area contributed by atoms with E-state index in [2.05, 4.69) is 9.97 Å². The van der Waals surface area contributed by atoms with Crippen LogP contribution in [0.3, 0.4) is 0 Å². The number of nitrogens with one attached hydrogen (secondary N) is 1. The third-order valence-electron chi connectivity index (χ3n) is 3.43. The quantitative estimate of drug-likeness (QED) is 0.754. The Morgan fingerprint density at radius 1 is 1.32 bits per heavy atom. The van der Waals surface area contributed by atoms with Gasteiger partial charge in [-0.2, -0.15) is 0 Å². The van der Waals surface area contributed by atoms with Gasteiger partial charge in [-0.05, 0) is 18.1 Å². The standard InChI is InChI=1S/C16H14N2O3S/c1-9-12-14(19)17-11(8-10-6-4-3-5-7-10)18-15(12)22-13(9)16(20)21-2/h3-7H,8H2,1-2H3,(H,17,18,19). The molecule has 0 spiro atoms. The van der Waals surface area contributed by atoms with Crippen LogP contribution in [-0.2, 0) is 11.2 Å². The van der Waals surface area contributed by atoms with Crippen molar-refractivity contribution in [3.05, 3.63) is 62.5 Å². The first-order valence-corrected chi connectivity index (χ1v) is 7.56. The van der Waals surface area contributed by atoms with Gasteiger partial charge in [0.25, 0.3) is 5.56 Å². The van der Waals surface area contributed by atoms with Crippen molar-refractivity contribution >= 4 is 27.5 Å². The Balaban J connectivity index is 2.09. The van der Waals surface area contributed by atoms with Gasteiger partial charge in [0, 0.05) is 6.42 Å². The van der Waals surface area contributed by atoms with Crippen molar-refractivity contribution in [3.63, 3.8) is 0 Å². The molecule has 2 heterocycles. The maximum Gasteiger partial charge on any atom is 0.348 e. The number of hydrogen-bond donors (Lipinski definition) is 1. The molecule has 0 unspecified atom stereocenters. The van der Waals surface area contributed by atoms with Gasteiger partial charge in [0.15, 0.2) is 0 Å². The first-order chi connectivity index (χ1) is 10.6. The second-order valence-corrected chi connectivity index (χ2v) is 5.90. The van der Waals surface area contributed by atoms with Gasteiger partial charge in [0.1, 0.15) is 15.5 Å². The summed E-state index contributed by atoms with van der Waals surface area (Å²) in [5, 5.41) is 0.460. The van der Waals surface area contributed by atoms with Crippen molar-refractivity contribution in [2.75, 3.05) is 7.11 Å². The second kappa shape index (κ2) is 5.73. The molecule has 0 aliphatic heterocycles. The second-order valence-electron chi connectivity index (χ2n) is 4.90. The van der Waals surface area contributed by atoms with Crippen molar-refractivity contribution in [1.82, 2.24) is 9.97 Å². The molecule has 1 aromatic carbocycles. The van der Waals surface area contributed by atoms with E-state index in [9.17, 15) is 9.59 Å². The molecule has 1 N–H and O–H groups in total. The number of carbonyl (C=O) groups is 1. The Kier molecular flexibility index (Phi) is 3.77. The maximum atomic E-state index is 12.3. The van der Waals surface area contributed by atoms with E-state index in [4.69, 9.17) is 4.74 Å². The Labute approximate surface area is 130 Å². The summed E-state index contributed by atoms with van der Waals surface area (Å²) in [5.41, 5.74) is 1.46. The molecule has 5 nitrogen and oxygen atoms in total. The van der Waals surface area contributed by atoms with Crippen LogP contribution in [0.25, 0.3) is 10.2 Å². The molecule has 0 saturated heterocycles. The van der Waals surface area contributed by atoms with E-state index in [1.165, 1.54) is 18.4 Å². The zero-order valence-corrected chi connectivity index (χ0v) is 13.0. The maximum absolute atomic E-state index is 12.3. The molecule has 3 aromatic rings. The van der Waals surface area contributed by atoms with Gasteiger partial charge in [0.2, 0.25) is 0 Å². The summed E-state index contributed by atoms with van der Waals surface area (Å²) in [6.07, 6.45) is 0.538. The Hall–Kier alpha value is -2.47. The highest BCUT2D eigenvalue weighted by Gasteiger charge is 2.19. The lowest BCUT2D eigenvalue weighted by atomic mass is 10.1. The van der Waals surface area contributed by atoms with Gasteiger partial charge < -0.3 is 9.72 Å². The van der Waals surface area contributed by atoms with Gasteiger partial charge in [-0.15, -0.1) is 11.3 Å². The van der Waals surface area contributed by atoms with Gasteiger partial charge >= 0.3 is 5.97 Å². The number of methoxy groups -OCH3 is 1. The molecule has 0 radical (unpaired) electrons. The minimum absolute atomic E-state index is 0.222. The van der Waals surface area contributed by atoms with Gasteiger partial charge in [-0.1, -0.05) is 30.3 Å². The molecule has 2 aromatic heterocycles. The fourth-order valence-electron chi connectivity index (χ4n) is 2.35. The molecule has 3 rings (SSSR count). The van der Waals surface area contributed by atoms with Crippen LogP contribution in [-0.4, -0.2) is 23.0 Å². The largest absolute Gasteiger partial charge is 0.465 e. The van der Waals surface area contributed by atoms with E-state index in [-0.39, 0.29) is 5.56 Å². The molecule has 0 saturated carbocycles. The number of fused-ring (bicyclic) bond motifs is 1. The summed E-state index contributed by atoms with van der Waals surface area (Å²) in [6.45, 7) is 1.73. The first kappa shape index (κ1) is 14.5. The Morgan fingerprint density at radius 2 is 2.05 bits per heavy atom. The molecule has 22 heavy (non-hydrogen) atoms. The molecule has 0 aliphatic rings. The highest BCUT2D eigenvalue weighted by Crippen LogP contribution is 2.27. The highest BCUT2D eigenvalue weighted by atomic mass is 32.1. The number of esters is 1. The zero-order chi connectivity index (χ0) is 15.7. The fraction of sp³-hybridized carbons (Fsp3) is 0.188. The molecule has 0 amide bonds. The fourth-order valence-corrected chi connectivity index (χ4v) is 3.47. The van der Waals surface area contributed by atoms with Gasteiger partial charge in [0.05, 0.1) is 12.5 Å². The van der Waals surface area contributed by atoms with Crippen LogP contribution in [0.2, 0.25) is 0 Å². The number of H-pyrrole nitrogens is 1. The lowest BCUT2D eigenvalue weighted by Gasteiger charge is -2.01. The number of rotatable bonds is 3. The summed E-state index contributed by atoms with van der Waals surface area (Å²) in [7, 11) is 1.32. The minimum Gasteiger partial charge on any atom is -0.465 e. The molecule has 0 bridgehead atoms. The van der Waals surface area contributed by atoms with Crippen LogP contribution < -0.4 is 5.56 Å². The van der Waals surface area contributed by atoms with E-state index in [0.29, 0.717) is 32.9 Å². The van der Waals surface area contributed by atoms with Crippen molar-refractivity contribution in [2.45, 2.75) is 13.3 Å². The number of thiophene rings is 1. The number of benzene rings is 1. The molecule has 112 valence electrons. The van der Waals surface area contributed by atoms with E-state index in [1.54, 1.807) is 6.92 Å². The van der Waals surface area contributed by atoms with E-state index < -0.39 is 5.97 Å². The summed E-state index contributed by atoms with van der Waals surface area (Å²) in [4.78, 5) is 32.3. The predicted molar refractivity (Wildman–Crippen MR) is 85.6 cm³/mol. The third kappa shape index (κ3) is 2.53. The number of ether oxygens (including phenoxy) is 1. The smallest absolute Gasteiger partial charge is 0.348 e. The van der Waals surface area contributed by atoms with E-state index in [1.807, 2.05) is 30.3 Å². The molecular formula is C16H14N2O3S. The topological polar surface area (TPSA) is 72.0 Å². The van der Waals surface area contributed by atoms with Crippen molar-refractivity contribution in [1.29, 1.82) is 0 Å². The average molecular weight is 314 g/mol. The SMILES string of the molecule is COC(=O)c1sc2nc(Cc3ccccc3)[nH]c(=O)c2c1C. The van der Waals surface area contributed by atoms with Crippen LogP contribution in [0.4, 0.5) is 0 Å². The van der Waals surface area contributed by atoms with Crippen LogP contribution in [0.15, 0.2) is 35.1 Å². The predicted octanol–water partition coefficient (Wildman–Crippen LogP) is 2.67. The first-order valence-electron chi connectivity index (χ1n) is 6.74. The summed E-state index contributed by atoms with van der Waals surface area (Å²) in [6, 6.07) is 9.77. The number of hydrogen-bond acceptors (Lipinski definition) is 5. The van der Waals surface area contributed by atoms with E-state index in [0.717, 1.165) is 5.56 Å². The van der Waals surface area contributed by atoms with Gasteiger partial charge in [-0.25, -0.2) is 9.78 Å². The van der Waals surface area contributed by atoms with Crippen LogP contribution in [0.5, 0.6) is 0 Å². The number of nitrogens with zero attached hydrogens (tertiary/aromatic N) is 1. The van der Waals surface area contributed by atoms with Crippen molar-refractivity contribution in [3.8, 4) is 0 Å². The molecular weight excluding hydrogens is 300 g/mol. The summed E-state index contributed by atoms with van der Waals surface area (Å²) >= 11 is 1.19. The average Bonchev–Trinajstić information content (AvgIpc) is 2.85. The molecule has 0 fully saturated rings. The van der Waals surface area contributed by atoms with Crippen molar-refractivity contribution in [2.24, 2.45) is 0 Å². The summed E-state index contributed by atoms with van der Waals surface area (Å²) < 4.78 is 4.74. The Morgan fingerprint density at radius 3 is 2.73 bits per heavy atom. The molecule has 0 aliphatic carbocycles. The zero-order valence-electron chi connectivity index (χ0n) is 12.2. The minimum atomic E-state index is -0.440. The number of aryl methyl sites for hydroxylation is 1. The number of carbonyl (C=O) groups excluding carboxylic acids is 1. The molecule has 6 heteroatoms. The highest BCUT2D eigenvalue weighted by molar-refractivity contribution is 7.20. The van der Waals surface area contributed by atoms with Gasteiger partial charge in [-0.3, -0.25) is 4.79 Å². The number of aromatic amines is 1. The lowest BCUT2D eigenvalue weighted by Crippen LogP contribution is -2.12. The number of aromatic nitrogens is 2. The third-order valence-corrected chi connectivity index (χ3v) is 4.60. The van der Waals surface area contributed by atoms with E-state index >= 15 is 0 Å². The van der Waals surface area contributed by atoms with Crippen molar-refractivity contribution < 1.29 is 9.53 Å².